The van der Waals surface area contributed by atoms with Gasteiger partial charge >= 0.3 is 0 Å². The standard InChI is InChI=1S/C34H25N3/c1-24-10-2-6-14-30(24)37-33-17-9-5-13-29(33)35-34(37)27-20-22-28(23-21-27)36-31-15-7-3-11-25(31)18-19-26-12-4-8-16-32(26)36/h2-23H,1H3. The molecule has 0 saturated heterocycles. The lowest BCUT2D eigenvalue weighted by atomic mass is 10.1. The lowest BCUT2D eigenvalue weighted by Gasteiger charge is -2.27. The third kappa shape index (κ3) is 3.56. The van der Waals surface area contributed by atoms with Crippen LogP contribution < -0.4 is 4.90 Å². The van der Waals surface area contributed by atoms with Crippen molar-refractivity contribution in [2.24, 2.45) is 0 Å². The van der Waals surface area contributed by atoms with Crippen LogP contribution in [0.2, 0.25) is 0 Å². The van der Waals surface area contributed by atoms with Crippen LogP contribution >= 0.6 is 0 Å². The molecule has 7 rings (SSSR count). The van der Waals surface area contributed by atoms with Crippen LogP contribution in [0.1, 0.15) is 16.7 Å². The summed E-state index contributed by atoms with van der Waals surface area (Å²) in [6.45, 7) is 2.15. The molecule has 1 aromatic heterocycles. The summed E-state index contributed by atoms with van der Waals surface area (Å²) in [5.41, 5.74) is 11.4. The third-order valence-electron chi connectivity index (χ3n) is 7.10. The van der Waals surface area contributed by atoms with Crippen LogP contribution in [0.15, 0.2) is 121 Å². The van der Waals surface area contributed by atoms with Gasteiger partial charge < -0.3 is 4.90 Å². The fourth-order valence-electron chi connectivity index (χ4n) is 5.29. The molecule has 0 fully saturated rings. The van der Waals surface area contributed by atoms with Gasteiger partial charge in [0.1, 0.15) is 5.82 Å². The van der Waals surface area contributed by atoms with Gasteiger partial charge in [-0.3, -0.25) is 4.57 Å². The maximum atomic E-state index is 5.07. The molecule has 0 amide bonds. The Morgan fingerprint density at radius 1 is 0.541 bits per heavy atom. The molecule has 0 bridgehead atoms. The van der Waals surface area contributed by atoms with Gasteiger partial charge in [0.05, 0.1) is 28.1 Å². The van der Waals surface area contributed by atoms with Crippen molar-refractivity contribution in [3.63, 3.8) is 0 Å². The SMILES string of the molecule is Cc1ccccc1-n1c(-c2ccc(N3c4ccccc4C=Cc4ccccc43)cc2)nc2ccccc21. The molecule has 3 heteroatoms. The van der Waals surface area contributed by atoms with E-state index in [0.29, 0.717) is 0 Å². The van der Waals surface area contributed by atoms with Crippen LogP contribution in [-0.2, 0) is 0 Å². The molecule has 176 valence electrons. The number of hydrogen-bond acceptors (Lipinski definition) is 2. The first-order valence-corrected chi connectivity index (χ1v) is 12.6. The van der Waals surface area contributed by atoms with E-state index in [1.165, 1.54) is 28.1 Å². The first kappa shape index (κ1) is 21.4. The van der Waals surface area contributed by atoms with Crippen molar-refractivity contribution in [3.05, 3.63) is 138 Å². The van der Waals surface area contributed by atoms with Gasteiger partial charge in [-0.15, -0.1) is 0 Å². The monoisotopic (exact) mass is 475 g/mol. The minimum Gasteiger partial charge on any atom is -0.309 e. The number of fused-ring (bicyclic) bond motifs is 3. The predicted octanol–water partition coefficient (Wildman–Crippen LogP) is 8.95. The molecular formula is C34H25N3. The number of imidazole rings is 1. The van der Waals surface area contributed by atoms with E-state index in [2.05, 4.69) is 144 Å². The number of aromatic nitrogens is 2. The van der Waals surface area contributed by atoms with Gasteiger partial charge in [0.25, 0.3) is 0 Å². The van der Waals surface area contributed by atoms with Crippen LogP contribution in [0, 0.1) is 6.92 Å². The second-order valence-corrected chi connectivity index (χ2v) is 9.38. The molecular weight excluding hydrogens is 450 g/mol. The first-order chi connectivity index (χ1) is 18.3. The molecule has 0 radical (unpaired) electrons. The molecule has 6 aromatic rings. The van der Waals surface area contributed by atoms with E-state index >= 15 is 0 Å². The highest BCUT2D eigenvalue weighted by molar-refractivity contribution is 5.93. The van der Waals surface area contributed by atoms with E-state index in [1.807, 2.05) is 6.07 Å². The fraction of sp³-hybridized carbons (Fsp3) is 0.0294. The molecule has 0 atom stereocenters. The van der Waals surface area contributed by atoms with Crippen LogP contribution in [0.25, 0.3) is 40.3 Å². The molecule has 0 saturated carbocycles. The zero-order valence-electron chi connectivity index (χ0n) is 20.5. The topological polar surface area (TPSA) is 21.1 Å². The van der Waals surface area contributed by atoms with Gasteiger partial charge in [-0.25, -0.2) is 4.98 Å². The Balaban J connectivity index is 1.39. The Bertz CT molecular complexity index is 1740. The van der Waals surface area contributed by atoms with Gasteiger partial charge in [0.15, 0.2) is 0 Å². The van der Waals surface area contributed by atoms with E-state index in [9.17, 15) is 0 Å². The first-order valence-electron chi connectivity index (χ1n) is 12.6. The summed E-state index contributed by atoms with van der Waals surface area (Å²) in [5.74, 6) is 0.945. The van der Waals surface area contributed by atoms with Crippen molar-refractivity contribution in [2.75, 3.05) is 4.90 Å². The number of para-hydroxylation sites is 5. The van der Waals surface area contributed by atoms with Crippen LogP contribution in [-0.4, -0.2) is 9.55 Å². The Kier molecular flexibility index (Phi) is 5.00. The summed E-state index contributed by atoms with van der Waals surface area (Å²) in [5, 5.41) is 0. The minimum absolute atomic E-state index is 0.945. The zero-order valence-corrected chi connectivity index (χ0v) is 20.5. The molecule has 2 heterocycles. The van der Waals surface area contributed by atoms with E-state index in [-0.39, 0.29) is 0 Å². The van der Waals surface area contributed by atoms with Gasteiger partial charge in [0.2, 0.25) is 0 Å². The maximum Gasteiger partial charge on any atom is 0.145 e. The van der Waals surface area contributed by atoms with E-state index < -0.39 is 0 Å². The van der Waals surface area contributed by atoms with Crippen LogP contribution in [0.5, 0.6) is 0 Å². The van der Waals surface area contributed by atoms with Gasteiger partial charge in [-0.2, -0.15) is 0 Å². The Labute approximate surface area is 216 Å². The number of nitrogens with zero attached hydrogens (tertiary/aromatic N) is 3. The summed E-state index contributed by atoms with van der Waals surface area (Å²) >= 11 is 0. The predicted molar refractivity (Wildman–Crippen MR) is 155 cm³/mol. The normalized spacial score (nSPS) is 12.3. The number of rotatable bonds is 3. The highest BCUT2D eigenvalue weighted by atomic mass is 15.1. The molecule has 0 spiro atoms. The lowest BCUT2D eigenvalue weighted by molar-refractivity contribution is 1.08. The summed E-state index contributed by atoms with van der Waals surface area (Å²) in [6, 6.07) is 42.7. The Hall–Kier alpha value is -4.89. The molecule has 0 N–H and O–H groups in total. The van der Waals surface area contributed by atoms with E-state index in [1.54, 1.807) is 0 Å². The van der Waals surface area contributed by atoms with Crippen molar-refractivity contribution in [1.29, 1.82) is 0 Å². The summed E-state index contributed by atoms with van der Waals surface area (Å²) in [6.07, 6.45) is 4.40. The number of hydrogen-bond donors (Lipinski definition) is 0. The molecule has 0 aliphatic carbocycles. The quantitative estimate of drug-likeness (QED) is 0.254. The Morgan fingerprint density at radius 2 is 1.11 bits per heavy atom. The van der Waals surface area contributed by atoms with E-state index in [4.69, 9.17) is 4.98 Å². The second-order valence-electron chi connectivity index (χ2n) is 9.38. The molecule has 1 aliphatic heterocycles. The zero-order chi connectivity index (χ0) is 24.8. The molecule has 1 aliphatic rings. The molecule has 37 heavy (non-hydrogen) atoms. The summed E-state index contributed by atoms with van der Waals surface area (Å²) < 4.78 is 2.28. The molecule has 5 aromatic carbocycles. The Morgan fingerprint density at radius 3 is 1.78 bits per heavy atom. The van der Waals surface area contributed by atoms with Crippen LogP contribution in [0.3, 0.4) is 0 Å². The fourth-order valence-corrected chi connectivity index (χ4v) is 5.29. The number of benzene rings is 5. The van der Waals surface area contributed by atoms with Crippen molar-refractivity contribution in [3.8, 4) is 17.1 Å². The van der Waals surface area contributed by atoms with Gasteiger partial charge in [0, 0.05) is 11.3 Å². The lowest BCUT2D eigenvalue weighted by Crippen LogP contribution is -2.11. The highest BCUT2D eigenvalue weighted by Crippen LogP contribution is 2.42. The van der Waals surface area contributed by atoms with E-state index in [0.717, 1.165) is 33.8 Å². The maximum absolute atomic E-state index is 5.07. The summed E-state index contributed by atoms with van der Waals surface area (Å²) in [4.78, 5) is 7.41. The molecule has 3 nitrogen and oxygen atoms in total. The van der Waals surface area contributed by atoms with Crippen molar-refractivity contribution in [2.45, 2.75) is 6.92 Å². The van der Waals surface area contributed by atoms with Gasteiger partial charge in [-0.1, -0.05) is 78.9 Å². The minimum atomic E-state index is 0.945. The average Bonchev–Trinajstić information content (AvgIpc) is 3.24. The van der Waals surface area contributed by atoms with Crippen molar-refractivity contribution in [1.82, 2.24) is 9.55 Å². The van der Waals surface area contributed by atoms with Crippen LogP contribution in [0.4, 0.5) is 17.1 Å². The second kappa shape index (κ2) is 8.65. The van der Waals surface area contributed by atoms with Crippen molar-refractivity contribution < 1.29 is 0 Å². The smallest absolute Gasteiger partial charge is 0.145 e. The highest BCUT2D eigenvalue weighted by Gasteiger charge is 2.20. The summed E-state index contributed by atoms with van der Waals surface area (Å²) in [7, 11) is 0. The largest absolute Gasteiger partial charge is 0.309 e. The van der Waals surface area contributed by atoms with Crippen molar-refractivity contribution >= 4 is 40.2 Å². The number of anilines is 3. The average molecular weight is 476 g/mol. The van der Waals surface area contributed by atoms with Gasteiger partial charge in [-0.05, 0) is 78.2 Å². The number of aryl methyl sites for hydroxylation is 1. The third-order valence-corrected chi connectivity index (χ3v) is 7.10. The molecule has 0 unspecified atom stereocenters.